The number of hydrogen-bond donors (Lipinski definition) is 0. The molecule has 54 heavy (non-hydrogen) atoms. The van der Waals surface area contributed by atoms with Gasteiger partial charge in [-0.1, -0.05) is 122 Å². The van der Waals surface area contributed by atoms with Crippen LogP contribution in [0.1, 0.15) is 59.9 Å². The molecule has 4 heteroatoms. The second-order valence-corrected chi connectivity index (χ2v) is 15.0. The second-order valence-electron chi connectivity index (χ2n) is 15.0. The van der Waals surface area contributed by atoms with Crippen molar-refractivity contribution in [2.45, 2.75) is 43.1 Å². The van der Waals surface area contributed by atoms with Gasteiger partial charge in [0.15, 0.2) is 17.1 Å². The number of ether oxygens (including phenoxy) is 3. The van der Waals surface area contributed by atoms with Crippen LogP contribution in [0.2, 0.25) is 0 Å². The van der Waals surface area contributed by atoms with Crippen LogP contribution in [-0.2, 0) is 11.0 Å². The maximum Gasteiger partial charge on any atom is 0.178 e. The minimum atomic E-state index is -0.888. The van der Waals surface area contributed by atoms with Crippen molar-refractivity contribution in [3.05, 3.63) is 179 Å². The molecule has 0 aromatic heterocycles. The SMILES string of the molecule is COc1ccc(C2(c3ccc(N4c5ccccc5Oc5ccccc54)cc3)C=Cc3c4c(c5ccccc5c3O2)-c2ccccc2C42CCCCC2)cc1. The van der Waals surface area contributed by atoms with E-state index in [-0.39, 0.29) is 5.41 Å². The molecule has 0 radical (unpaired) electrons. The fraction of sp³-hybridized carbons (Fsp3) is 0.160. The van der Waals surface area contributed by atoms with E-state index in [4.69, 9.17) is 14.2 Å². The number of fused-ring (bicyclic) bond motifs is 12. The van der Waals surface area contributed by atoms with Crippen LogP contribution in [0.3, 0.4) is 0 Å². The van der Waals surface area contributed by atoms with Crippen molar-refractivity contribution in [2.24, 2.45) is 0 Å². The van der Waals surface area contributed by atoms with E-state index in [1.165, 1.54) is 52.5 Å². The van der Waals surface area contributed by atoms with E-state index in [9.17, 15) is 0 Å². The third kappa shape index (κ3) is 4.37. The lowest BCUT2D eigenvalue weighted by Crippen LogP contribution is -2.35. The van der Waals surface area contributed by atoms with Crippen LogP contribution in [0.5, 0.6) is 23.0 Å². The van der Waals surface area contributed by atoms with Crippen LogP contribution in [0.4, 0.5) is 17.1 Å². The van der Waals surface area contributed by atoms with Crippen molar-refractivity contribution in [1.82, 2.24) is 0 Å². The van der Waals surface area contributed by atoms with Gasteiger partial charge in [0, 0.05) is 33.2 Å². The zero-order chi connectivity index (χ0) is 35.9. The van der Waals surface area contributed by atoms with Crippen molar-refractivity contribution >= 4 is 33.9 Å². The Morgan fingerprint density at radius 3 is 1.93 bits per heavy atom. The van der Waals surface area contributed by atoms with Crippen molar-refractivity contribution in [3.63, 3.8) is 0 Å². The number of benzene rings is 7. The monoisotopic (exact) mass is 701 g/mol. The van der Waals surface area contributed by atoms with Crippen molar-refractivity contribution < 1.29 is 14.2 Å². The molecule has 1 fully saturated rings. The van der Waals surface area contributed by atoms with Gasteiger partial charge in [-0.05, 0) is 95.1 Å². The Balaban J connectivity index is 1.11. The van der Waals surface area contributed by atoms with Crippen LogP contribution in [0.15, 0.2) is 152 Å². The largest absolute Gasteiger partial charge is 0.497 e. The molecule has 2 aliphatic carbocycles. The first kappa shape index (κ1) is 31.3. The highest BCUT2D eigenvalue weighted by atomic mass is 16.5. The van der Waals surface area contributed by atoms with Crippen molar-refractivity contribution in [1.29, 1.82) is 0 Å². The number of anilines is 3. The van der Waals surface area contributed by atoms with E-state index in [0.717, 1.165) is 69.4 Å². The van der Waals surface area contributed by atoms with Crippen LogP contribution < -0.4 is 19.1 Å². The Morgan fingerprint density at radius 1 is 0.611 bits per heavy atom. The molecule has 0 saturated heterocycles. The minimum absolute atomic E-state index is 0.0154. The van der Waals surface area contributed by atoms with Gasteiger partial charge < -0.3 is 19.1 Å². The highest BCUT2D eigenvalue weighted by Crippen LogP contribution is 2.62. The molecular formula is C50H39NO3. The summed E-state index contributed by atoms with van der Waals surface area (Å²) in [6, 6.07) is 51.7. The second kappa shape index (κ2) is 11.9. The molecular weight excluding hydrogens is 663 g/mol. The molecule has 1 atom stereocenters. The Morgan fingerprint density at radius 2 is 1.22 bits per heavy atom. The third-order valence-corrected chi connectivity index (χ3v) is 12.4. The lowest BCUT2D eigenvalue weighted by Gasteiger charge is -2.41. The van der Waals surface area contributed by atoms with E-state index in [2.05, 4.69) is 126 Å². The number of methoxy groups -OCH3 is 1. The lowest BCUT2D eigenvalue weighted by atomic mass is 9.66. The molecule has 0 bridgehead atoms. The van der Waals surface area contributed by atoms with Crippen LogP contribution in [0.25, 0.3) is 28.0 Å². The molecule has 7 aromatic carbocycles. The molecule has 0 N–H and O–H groups in total. The molecule has 7 aromatic rings. The van der Waals surface area contributed by atoms with E-state index in [1.54, 1.807) is 7.11 Å². The average Bonchev–Trinajstić information content (AvgIpc) is 3.52. The summed E-state index contributed by atoms with van der Waals surface area (Å²) in [5.41, 5.74) is 11.2. The first-order valence-corrected chi connectivity index (χ1v) is 19.2. The topological polar surface area (TPSA) is 30.9 Å². The first-order chi connectivity index (χ1) is 26.7. The Hall–Kier alpha value is -6.26. The summed E-state index contributed by atoms with van der Waals surface area (Å²) in [6.45, 7) is 0. The molecule has 11 rings (SSSR count). The van der Waals surface area contributed by atoms with Gasteiger partial charge in [0.25, 0.3) is 0 Å². The normalized spacial score (nSPS) is 18.5. The summed E-state index contributed by atoms with van der Waals surface area (Å²) in [5, 5.41) is 2.41. The van der Waals surface area contributed by atoms with Crippen molar-refractivity contribution in [3.8, 4) is 34.1 Å². The van der Waals surface area contributed by atoms with Gasteiger partial charge in [0.2, 0.25) is 0 Å². The number of nitrogens with zero attached hydrogens (tertiary/aromatic N) is 1. The molecule has 1 spiro atoms. The zero-order valence-corrected chi connectivity index (χ0v) is 30.2. The zero-order valence-electron chi connectivity index (χ0n) is 30.2. The smallest absolute Gasteiger partial charge is 0.178 e. The highest BCUT2D eigenvalue weighted by molar-refractivity contribution is 6.08. The quantitative estimate of drug-likeness (QED) is 0.183. The number of para-hydroxylation sites is 4. The molecule has 2 heterocycles. The van der Waals surface area contributed by atoms with E-state index in [0.29, 0.717) is 0 Å². The van der Waals surface area contributed by atoms with Crippen LogP contribution in [-0.4, -0.2) is 7.11 Å². The summed E-state index contributed by atoms with van der Waals surface area (Å²) in [5.74, 6) is 3.44. The van der Waals surface area contributed by atoms with Gasteiger partial charge in [0.05, 0.1) is 18.5 Å². The van der Waals surface area contributed by atoms with Gasteiger partial charge in [-0.15, -0.1) is 0 Å². The summed E-state index contributed by atoms with van der Waals surface area (Å²) in [4.78, 5) is 2.28. The summed E-state index contributed by atoms with van der Waals surface area (Å²) in [7, 11) is 1.71. The summed E-state index contributed by atoms with van der Waals surface area (Å²) in [6.07, 6.45) is 10.8. The summed E-state index contributed by atoms with van der Waals surface area (Å²) >= 11 is 0. The molecule has 0 amide bonds. The van der Waals surface area contributed by atoms with Gasteiger partial charge in [-0.25, -0.2) is 0 Å². The Labute approximate surface area is 315 Å². The number of hydrogen-bond acceptors (Lipinski definition) is 4. The highest BCUT2D eigenvalue weighted by Gasteiger charge is 2.48. The molecule has 1 unspecified atom stereocenters. The van der Waals surface area contributed by atoms with E-state index < -0.39 is 5.60 Å². The van der Waals surface area contributed by atoms with E-state index >= 15 is 0 Å². The molecule has 262 valence electrons. The predicted molar refractivity (Wildman–Crippen MR) is 218 cm³/mol. The predicted octanol–water partition coefficient (Wildman–Crippen LogP) is 13.0. The molecule has 4 aliphatic rings. The van der Waals surface area contributed by atoms with Crippen LogP contribution in [0, 0.1) is 0 Å². The lowest BCUT2D eigenvalue weighted by molar-refractivity contribution is 0.163. The van der Waals surface area contributed by atoms with Gasteiger partial charge in [0.1, 0.15) is 11.5 Å². The van der Waals surface area contributed by atoms with E-state index in [1.807, 2.05) is 36.4 Å². The minimum Gasteiger partial charge on any atom is -0.497 e. The molecule has 4 nitrogen and oxygen atoms in total. The number of rotatable bonds is 4. The Bertz CT molecular complexity index is 2590. The standard InChI is InChI=1S/C50H39NO3/c1-52-36-27-23-34(24-28-36)50(33-21-25-35(26-22-33)51-42-17-7-9-19-44(42)53-45-20-10-8-18-43(45)51)32-29-40-47-46(37-13-3-4-14-38(37)48(40)54-50)39-15-5-6-16-41(39)49(47)30-11-2-12-31-49/h3-10,13-29,32H,2,11-12,30-31H2,1H3. The molecule has 2 aliphatic heterocycles. The maximum atomic E-state index is 7.67. The first-order valence-electron chi connectivity index (χ1n) is 19.2. The molecule has 1 saturated carbocycles. The van der Waals surface area contributed by atoms with Gasteiger partial charge >= 0.3 is 0 Å². The maximum absolute atomic E-state index is 7.67. The van der Waals surface area contributed by atoms with Gasteiger partial charge in [-0.3, -0.25) is 0 Å². The van der Waals surface area contributed by atoms with Crippen LogP contribution >= 0.6 is 0 Å². The summed E-state index contributed by atoms with van der Waals surface area (Å²) < 4.78 is 19.6. The third-order valence-electron chi connectivity index (χ3n) is 12.4. The van der Waals surface area contributed by atoms with Gasteiger partial charge in [-0.2, -0.15) is 0 Å². The average molecular weight is 702 g/mol. The Kier molecular flexibility index (Phi) is 6.88. The fourth-order valence-electron chi connectivity index (χ4n) is 9.95. The fourth-order valence-corrected chi connectivity index (χ4v) is 9.95. The van der Waals surface area contributed by atoms with Crippen molar-refractivity contribution in [2.75, 3.05) is 12.0 Å².